The molecule has 2 aliphatic rings. The van der Waals surface area contributed by atoms with Gasteiger partial charge in [0.15, 0.2) is 0 Å². The molecule has 5 heteroatoms. The van der Waals surface area contributed by atoms with Crippen molar-refractivity contribution in [3.63, 3.8) is 0 Å². The number of urea groups is 1. The molecule has 3 amide bonds. The van der Waals surface area contributed by atoms with Gasteiger partial charge < -0.3 is 10.1 Å². The SMILES string of the molecule is CCN1C(=O)NC2COCC2C1=O. The third-order valence-electron chi connectivity index (χ3n) is 2.53. The first-order valence-corrected chi connectivity index (χ1v) is 4.43. The number of hydrogen-bond donors (Lipinski definition) is 1. The highest BCUT2D eigenvalue weighted by atomic mass is 16.5. The number of imide groups is 1. The van der Waals surface area contributed by atoms with Crippen LogP contribution in [0.4, 0.5) is 4.79 Å². The Kier molecular flexibility index (Phi) is 1.95. The highest BCUT2D eigenvalue weighted by Gasteiger charge is 2.43. The van der Waals surface area contributed by atoms with Gasteiger partial charge in [-0.1, -0.05) is 0 Å². The van der Waals surface area contributed by atoms with Gasteiger partial charge in [-0.05, 0) is 6.92 Å². The Labute approximate surface area is 76.0 Å². The third-order valence-corrected chi connectivity index (χ3v) is 2.53. The summed E-state index contributed by atoms with van der Waals surface area (Å²) in [7, 11) is 0. The fraction of sp³-hybridized carbons (Fsp3) is 0.750. The summed E-state index contributed by atoms with van der Waals surface area (Å²) in [5.74, 6) is -0.272. The normalized spacial score (nSPS) is 33.2. The fourth-order valence-electron chi connectivity index (χ4n) is 1.78. The lowest BCUT2D eigenvalue weighted by molar-refractivity contribution is -0.134. The second kappa shape index (κ2) is 2.99. The van der Waals surface area contributed by atoms with E-state index in [0.717, 1.165) is 0 Å². The average Bonchev–Trinajstić information content (AvgIpc) is 2.53. The summed E-state index contributed by atoms with van der Waals surface area (Å²) in [5, 5.41) is 2.75. The van der Waals surface area contributed by atoms with Crippen molar-refractivity contribution in [3.8, 4) is 0 Å². The fourth-order valence-corrected chi connectivity index (χ4v) is 1.78. The van der Waals surface area contributed by atoms with Gasteiger partial charge in [0, 0.05) is 6.54 Å². The summed E-state index contributed by atoms with van der Waals surface area (Å²) in [5.41, 5.74) is 0. The van der Waals surface area contributed by atoms with Crippen LogP contribution in [0.25, 0.3) is 0 Å². The van der Waals surface area contributed by atoms with Crippen molar-refractivity contribution in [2.24, 2.45) is 5.92 Å². The number of nitrogens with zero attached hydrogens (tertiary/aromatic N) is 1. The molecule has 5 nitrogen and oxygen atoms in total. The summed E-state index contributed by atoms with van der Waals surface area (Å²) in [4.78, 5) is 24.2. The van der Waals surface area contributed by atoms with Crippen molar-refractivity contribution in [1.29, 1.82) is 0 Å². The Balaban J connectivity index is 2.19. The first kappa shape index (κ1) is 8.50. The average molecular weight is 184 g/mol. The predicted molar refractivity (Wildman–Crippen MR) is 44.0 cm³/mol. The molecule has 2 aliphatic heterocycles. The van der Waals surface area contributed by atoms with Gasteiger partial charge in [0.05, 0.1) is 25.2 Å². The summed E-state index contributed by atoms with van der Waals surface area (Å²) < 4.78 is 5.14. The zero-order chi connectivity index (χ0) is 9.42. The number of carbonyl (C=O) groups is 2. The van der Waals surface area contributed by atoms with E-state index in [2.05, 4.69) is 5.32 Å². The molecule has 2 heterocycles. The number of ether oxygens (including phenoxy) is 1. The highest BCUT2D eigenvalue weighted by Crippen LogP contribution is 2.20. The van der Waals surface area contributed by atoms with Gasteiger partial charge in [0.25, 0.3) is 0 Å². The minimum atomic E-state index is -0.292. The molecule has 2 atom stereocenters. The monoisotopic (exact) mass is 184 g/mol. The first-order chi connectivity index (χ1) is 6.24. The zero-order valence-corrected chi connectivity index (χ0v) is 7.45. The lowest BCUT2D eigenvalue weighted by Crippen LogP contribution is -2.59. The minimum absolute atomic E-state index is 0.103. The molecule has 0 aromatic carbocycles. The quantitative estimate of drug-likeness (QED) is 0.601. The summed E-state index contributed by atoms with van der Waals surface area (Å²) in [6.07, 6.45) is 0. The van der Waals surface area contributed by atoms with Crippen LogP contribution in [-0.2, 0) is 9.53 Å². The van der Waals surface area contributed by atoms with Gasteiger partial charge in [0.1, 0.15) is 0 Å². The van der Waals surface area contributed by atoms with Crippen LogP contribution in [0.3, 0.4) is 0 Å². The smallest absolute Gasteiger partial charge is 0.324 e. The van der Waals surface area contributed by atoms with E-state index in [1.54, 1.807) is 6.92 Å². The molecular weight excluding hydrogens is 172 g/mol. The largest absolute Gasteiger partial charge is 0.378 e. The van der Waals surface area contributed by atoms with E-state index in [0.29, 0.717) is 19.8 Å². The van der Waals surface area contributed by atoms with Gasteiger partial charge in [-0.2, -0.15) is 0 Å². The van der Waals surface area contributed by atoms with Crippen molar-refractivity contribution < 1.29 is 14.3 Å². The topological polar surface area (TPSA) is 58.6 Å². The molecule has 72 valence electrons. The summed E-state index contributed by atoms with van der Waals surface area (Å²) in [6, 6.07) is -0.401. The maximum Gasteiger partial charge on any atom is 0.324 e. The molecule has 1 N–H and O–H groups in total. The highest BCUT2D eigenvalue weighted by molar-refractivity contribution is 5.98. The molecule has 0 saturated carbocycles. The predicted octanol–water partition coefficient (Wildman–Crippen LogP) is -0.427. The van der Waals surface area contributed by atoms with Gasteiger partial charge >= 0.3 is 6.03 Å². The molecule has 0 aromatic heterocycles. The lowest BCUT2D eigenvalue weighted by atomic mass is 10.00. The summed E-state index contributed by atoms with van der Waals surface area (Å²) >= 11 is 0. The van der Waals surface area contributed by atoms with Crippen molar-refractivity contribution in [2.45, 2.75) is 13.0 Å². The Hall–Kier alpha value is -1.10. The summed E-state index contributed by atoms with van der Waals surface area (Å²) in [6.45, 7) is 3.10. The van der Waals surface area contributed by atoms with E-state index in [4.69, 9.17) is 4.74 Å². The molecule has 2 unspecified atom stereocenters. The van der Waals surface area contributed by atoms with Crippen molar-refractivity contribution >= 4 is 11.9 Å². The van der Waals surface area contributed by atoms with Crippen LogP contribution < -0.4 is 5.32 Å². The van der Waals surface area contributed by atoms with Crippen LogP contribution in [0.5, 0.6) is 0 Å². The number of nitrogens with one attached hydrogen (secondary N) is 1. The number of fused-ring (bicyclic) bond motifs is 1. The second-order valence-corrected chi connectivity index (χ2v) is 3.28. The molecule has 2 fully saturated rings. The van der Waals surface area contributed by atoms with Crippen LogP contribution in [0.15, 0.2) is 0 Å². The standard InChI is InChI=1S/C8H12N2O3/c1-2-10-7(11)5-3-13-4-6(5)9-8(10)12/h5-6H,2-4H2,1H3,(H,9,12). The third kappa shape index (κ3) is 1.19. The van der Waals surface area contributed by atoms with Crippen LogP contribution in [-0.4, -0.2) is 42.6 Å². The zero-order valence-electron chi connectivity index (χ0n) is 7.45. The molecule has 0 spiro atoms. The van der Waals surface area contributed by atoms with Crippen LogP contribution in [0, 0.1) is 5.92 Å². The molecular formula is C8H12N2O3. The number of hydrogen-bond acceptors (Lipinski definition) is 3. The van der Waals surface area contributed by atoms with Gasteiger partial charge in [-0.15, -0.1) is 0 Å². The maximum atomic E-state index is 11.6. The van der Waals surface area contributed by atoms with Crippen LogP contribution >= 0.6 is 0 Å². The molecule has 13 heavy (non-hydrogen) atoms. The van der Waals surface area contributed by atoms with Gasteiger partial charge in [-0.25, -0.2) is 4.79 Å². The Bertz CT molecular complexity index is 254. The molecule has 0 aliphatic carbocycles. The maximum absolute atomic E-state index is 11.6. The molecule has 0 aromatic rings. The molecule has 0 radical (unpaired) electrons. The van der Waals surface area contributed by atoms with E-state index < -0.39 is 0 Å². The van der Waals surface area contributed by atoms with Gasteiger partial charge in [-0.3, -0.25) is 9.69 Å². The van der Waals surface area contributed by atoms with Crippen molar-refractivity contribution in [2.75, 3.05) is 19.8 Å². The minimum Gasteiger partial charge on any atom is -0.378 e. The van der Waals surface area contributed by atoms with Crippen LogP contribution in [0.1, 0.15) is 6.92 Å². The van der Waals surface area contributed by atoms with E-state index in [1.807, 2.05) is 0 Å². The number of amides is 3. The second-order valence-electron chi connectivity index (χ2n) is 3.28. The van der Waals surface area contributed by atoms with Crippen molar-refractivity contribution in [3.05, 3.63) is 0 Å². The van der Waals surface area contributed by atoms with Crippen LogP contribution in [0.2, 0.25) is 0 Å². The first-order valence-electron chi connectivity index (χ1n) is 4.43. The van der Waals surface area contributed by atoms with E-state index in [9.17, 15) is 9.59 Å². The van der Waals surface area contributed by atoms with E-state index >= 15 is 0 Å². The Morgan fingerprint density at radius 3 is 3.00 bits per heavy atom. The molecule has 2 rings (SSSR count). The molecule has 2 saturated heterocycles. The Morgan fingerprint density at radius 2 is 2.31 bits per heavy atom. The lowest BCUT2D eigenvalue weighted by Gasteiger charge is -2.31. The number of rotatable bonds is 1. The van der Waals surface area contributed by atoms with E-state index in [1.165, 1.54) is 4.90 Å². The Morgan fingerprint density at radius 1 is 1.54 bits per heavy atom. The molecule has 0 bridgehead atoms. The number of carbonyl (C=O) groups excluding carboxylic acids is 2. The van der Waals surface area contributed by atoms with Crippen molar-refractivity contribution in [1.82, 2.24) is 10.2 Å². The van der Waals surface area contributed by atoms with Gasteiger partial charge in [0.2, 0.25) is 5.91 Å². The van der Waals surface area contributed by atoms with E-state index in [-0.39, 0.29) is 23.9 Å².